The van der Waals surface area contributed by atoms with E-state index in [0.717, 1.165) is 0 Å². The van der Waals surface area contributed by atoms with Crippen LogP contribution in [0.5, 0.6) is 5.75 Å². The largest absolute Gasteiger partial charge is 0.460 e. The van der Waals surface area contributed by atoms with Crippen LogP contribution in [0.3, 0.4) is 0 Å². The molecule has 0 atom stereocenters. The zero-order valence-electron chi connectivity index (χ0n) is 21.4. The summed E-state index contributed by atoms with van der Waals surface area (Å²) in [6.45, 7) is 10.5. The highest BCUT2D eigenvalue weighted by molar-refractivity contribution is 5.99. The van der Waals surface area contributed by atoms with Gasteiger partial charge < -0.3 is 18.6 Å². The Hall–Kier alpha value is -4.55. The lowest BCUT2D eigenvalue weighted by molar-refractivity contribution is -0.154. The first-order valence-corrected chi connectivity index (χ1v) is 11.3. The second kappa shape index (κ2) is 10.6. The molecule has 3 rings (SSSR count). The van der Waals surface area contributed by atoms with E-state index in [4.69, 9.17) is 19.6 Å². The van der Waals surface area contributed by atoms with Gasteiger partial charge in [0.25, 0.3) is 0 Å². The van der Waals surface area contributed by atoms with Crippen LogP contribution in [0.4, 0.5) is 10.7 Å². The number of pyridine rings is 1. The van der Waals surface area contributed by atoms with Gasteiger partial charge in [-0.25, -0.2) is 24.5 Å². The van der Waals surface area contributed by atoms with Crippen LogP contribution >= 0.6 is 0 Å². The number of imidazole rings is 1. The quantitative estimate of drug-likeness (QED) is 0.263. The molecule has 0 aromatic carbocycles. The first kappa shape index (κ1) is 27.0. The number of esters is 2. The van der Waals surface area contributed by atoms with Crippen molar-refractivity contribution in [3.05, 3.63) is 48.2 Å². The van der Waals surface area contributed by atoms with Crippen molar-refractivity contribution in [1.29, 1.82) is 5.41 Å². The normalized spacial score (nSPS) is 11.5. The molecule has 0 spiro atoms. The monoisotopic (exact) mass is 511 g/mol. The van der Waals surface area contributed by atoms with Gasteiger partial charge in [-0.05, 0) is 53.7 Å². The van der Waals surface area contributed by atoms with E-state index < -0.39 is 35.2 Å². The number of fused-ring (bicyclic) bond motifs is 1. The first-order chi connectivity index (χ1) is 17.2. The van der Waals surface area contributed by atoms with E-state index in [9.17, 15) is 14.4 Å². The third-order valence-electron chi connectivity index (χ3n) is 4.30. The van der Waals surface area contributed by atoms with E-state index in [2.05, 4.69) is 25.6 Å². The maximum Gasteiger partial charge on any atom is 0.414 e. The average molecular weight is 512 g/mol. The Morgan fingerprint density at radius 3 is 2.24 bits per heavy atom. The van der Waals surface area contributed by atoms with Crippen molar-refractivity contribution in [1.82, 2.24) is 24.7 Å². The number of carbonyl (C=O) groups excluding carboxylic acids is 3. The summed E-state index contributed by atoms with van der Waals surface area (Å²) < 4.78 is 17.6. The molecule has 37 heavy (non-hydrogen) atoms. The lowest BCUT2D eigenvalue weighted by atomic mass is 10.2. The minimum Gasteiger partial charge on any atom is -0.460 e. The lowest BCUT2D eigenvalue weighted by Crippen LogP contribution is -2.39. The molecule has 0 saturated heterocycles. The van der Waals surface area contributed by atoms with Crippen LogP contribution in [0.2, 0.25) is 0 Å². The molecule has 0 bridgehead atoms. The van der Waals surface area contributed by atoms with Crippen molar-refractivity contribution < 1.29 is 28.6 Å². The van der Waals surface area contributed by atoms with E-state index in [1.807, 2.05) is 0 Å². The molecule has 0 radical (unpaired) electrons. The number of ether oxygens (including phenoxy) is 3. The van der Waals surface area contributed by atoms with Gasteiger partial charge in [0.1, 0.15) is 11.2 Å². The number of rotatable bonds is 5. The molecule has 13 nitrogen and oxygen atoms in total. The maximum absolute atomic E-state index is 12.7. The Morgan fingerprint density at radius 1 is 0.973 bits per heavy atom. The Morgan fingerprint density at radius 2 is 1.62 bits per heavy atom. The molecular formula is C24H29N7O6. The van der Waals surface area contributed by atoms with Gasteiger partial charge in [-0.1, -0.05) is 0 Å². The van der Waals surface area contributed by atoms with Crippen LogP contribution in [0.25, 0.3) is 5.65 Å². The fraction of sp³-hybridized carbons (Fsp3) is 0.375. The Kier molecular flexibility index (Phi) is 7.75. The molecule has 0 aliphatic carbocycles. The van der Waals surface area contributed by atoms with Crippen molar-refractivity contribution in [3.63, 3.8) is 0 Å². The molecule has 3 aromatic heterocycles. The zero-order chi connectivity index (χ0) is 27.4. The SMILES string of the molecule is CC(C)(C)OC(=O)Cc1ccc(OC(=O)c2cnc(NC(=N)NC(=O)OC(C)(C)C)nc2)c2nccn12. The van der Waals surface area contributed by atoms with Crippen molar-refractivity contribution in [2.75, 3.05) is 5.32 Å². The summed E-state index contributed by atoms with van der Waals surface area (Å²) in [6.07, 6.45) is 4.78. The molecule has 0 aliphatic heterocycles. The summed E-state index contributed by atoms with van der Waals surface area (Å²) in [6, 6.07) is 3.19. The highest BCUT2D eigenvalue weighted by Gasteiger charge is 2.20. The molecule has 196 valence electrons. The number of anilines is 1. The molecular weight excluding hydrogens is 482 g/mol. The summed E-state index contributed by atoms with van der Waals surface area (Å²) in [4.78, 5) is 48.8. The van der Waals surface area contributed by atoms with Gasteiger partial charge in [0.15, 0.2) is 11.4 Å². The van der Waals surface area contributed by atoms with Gasteiger partial charge in [0, 0.05) is 30.5 Å². The Bertz CT molecular complexity index is 1320. The maximum atomic E-state index is 12.7. The second-order valence-corrected chi connectivity index (χ2v) is 9.88. The Balaban J connectivity index is 1.64. The summed E-state index contributed by atoms with van der Waals surface area (Å²) in [5.41, 5.74) is -0.330. The summed E-state index contributed by atoms with van der Waals surface area (Å²) in [7, 11) is 0. The van der Waals surface area contributed by atoms with E-state index in [1.54, 1.807) is 64.3 Å². The third kappa shape index (κ3) is 7.98. The van der Waals surface area contributed by atoms with Crippen LogP contribution < -0.4 is 15.4 Å². The van der Waals surface area contributed by atoms with Gasteiger partial charge in [-0.3, -0.25) is 20.8 Å². The summed E-state index contributed by atoms with van der Waals surface area (Å²) in [5.74, 6) is -1.39. The van der Waals surface area contributed by atoms with Gasteiger partial charge in [-0.2, -0.15) is 0 Å². The van der Waals surface area contributed by atoms with Crippen molar-refractivity contribution in [3.8, 4) is 5.75 Å². The Labute approximate surface area is 213 Å². The fourth-order valence-corrected chi connectivity index (χ4v) is 3.00. The van der Waals surface area contributed by atoms with E-state index in [0.29, 0.717) is 11.3 Å². The number of nitrogens with zero attached hydrogens (tertiary/aromatic N) is 4. The summed E-state index contributed by atoms with van der Waals surface area (Å²) in [5, 5.41) is 12.5. The van der Waals surface area contributed by atoms with Crippen LogP contribution in [0.15, 0.2) is 36.9 Å². The van der Waals surface area contributed by atoms with Crippen molar-refractivity contribution in [2.45, 2.75) is 59.2 Å². The fourth-order valence-electron chi connectivity index (χ4n) is 3.00. The van der Waals surface area contributed by atoms with Crippen LogP contribution in [0.1, 0.15) is 57.6 Å². The standard InChI is InChI=1S/C24H29N7O6/c1-23(2,3)36-17(32)11-15-7-8-16(18-26-9-10-31(15)18)35-19(33)14-12-27-21(28-13-14)29-20(25)30-22(34)37-24(4,5)6/h7-10,12-13H,11H2,1-6H3,(H3,25,27,28,29,30,34). The third-order valence-corrected chi connectivity index (χ3v) is 4.30. The highest BCUT2D eigenvalue weighted by atomic mass is 16.6. The zero-order valence-corrected chi connectivity index (χ0v) is 21.4. The number of hydrogen-bond acceptors (Lipinski definition) is 10. The summed E-state index contributed by atoms with van der Waals surface area (Å²) >= 11 is 0. The number of nitrogens with one attached hydrogen (secondary N) is 3. The minimum atomic E-state index is -0.812. The second-order valence-electron chi connectivity index (χ2n) is 9.88. The number of alkyl carbamates (subject to hydrolysis) is 1. The molecule has 13 heteroatoms. The molecule has 0 fully saturated rings. The van der Waals surface area contributed by atoms with E-state index in [-0.39, 0.29) is 23.7 Å². The van der Waals surface area contributed by atoms with E-state index >= 15 is 0 Å². The molecule has 1 amide bonds. The van der Waals surface area contributed by atoms with Gasteiger partial charge in [0.2, 0.25) is 11.9 Å². The van der Waals surface area contributed by atoms with Gasteiger partial charge >= 0.3 is 18.0 Å². The van der Waals surface area contributed by atoms with Gasteiger partial charge in [0.05, 0.1) is 12.0 Å². The van der Waals surface area contributed by atoms with Crippen LogP contribution in [-0.2, 0) is 20.7 Å². The molecule has 0 saturated carbocycles. The number of hydrogen-bond donors (Lipinski definition) is 3. The number of carbonyl (C=O) groups is 3. The first-order valence-electron chi connectivity index (χ1n) is 11.3. The van der Waals surface area contributed by atoms with Gasteiger partial charge in [-0.15, -0.1) is 0 Å². The molecule has 0 unspecified atom stereocenters. The average Bonchev–Trinajstić information content (AvgIpc) is 3.23. The van der Waals surface area contributed by atoms with Crippen molar-refractivity contribution >= 4 is 35.6 Å². The molecule has 3 aromatic rings. The molecule has 3 N–H and O–H groups in total. The topological polar surface area (TPSA) is 170 Å². The minimum absolute atomic E-state index is 0.0124. The molecule has 3 heterocycles. The van der Waals surface area contributed by atoms with Crippen LogP contribution in [-0.4, -0.2) is 54.5 Å². The lowest BCUT2D eigenvalue weighted by Gasteiger charge is -2.19. The number of aromatic nitrogens is 4. The van der Waals surface area contributed by atoms with Crippen molar-refractivity contribution in [2.24, 2.45) is 0 Å². The highest BCUT2D eigenvalue weighted by Crippen LogP contribution is 2.22. The van der Waals surface area contributed by atoms with E-state index in [1.165, 1.54) is 18.6 Å². The smallest absolute Gasteiger partial charge is 0.414 e. The predicted molar refractivity (Wildman–Crippen MR) is 132 cm³/mol. The predicted octanol–water partition coefficient (Wildman–Crippen LogP) is 3.10. The number of amides is 1. The molecule has 0 aliphatic rings. The number of guanidine groups is 1. The van der Waals surface area contributed by atoms with Crippen LogP contribution in [0, 0.1) is 5.41 Å².